The lowest BCUT2D eigenvalue weighted by Crippen LogP contribution is -2.33. The minimum absolute atomic E-state index is 0.123. The maximum Gasteiger partial charge on any atom is 0.253 e. The van der Waals surface area contributed by atoms with Crippen molar-refractivity contribution in [2.24, 2.45) is 0 Å². The normalized spacial score (nSPS) is 18.9. The fourth-order valence-electron chi connectivity index (χ4n) is 3.20. The van der Waals surface area contributed by atoms with Crippen LogP contribution in [0.3, 0.4) is 0 Å². The van der Waals surface area contributed by atoms with Crippen LogP contribution in [0.2, 0.25) is 0 Å². The second-order valence-corrected chi connectivity index (χ2v) is 6.36. The SMILES string of the molecule is CN(C)[C@@H]1CCCN(C(=O)c2cccc(-c3ncc[nH]3)c2)CC1. The highest BCUT2D eigenvalue weighted by atomic mass is 16.2. The number of carbonyl (C=O) groups is 1. The summed E-state index contributed by atoms with van der Waals surface area (Å²) >= 11 is 0. The molecule has 2 aromatic rings. The maximum absolute atomic E-state index is 12.8. The molecule has 2 heterocycles. The fourth-order valence-corrected chi connectivity index (χ4v) is 3.20. The smallest absolute Gasteiger partial charge is 0.253 e. The summed E-state index contributed by atoms with van der Waals surface area (Å²) in [5, 5.41) is 0. The van der Waals surface area contributed by atoms with E-state index in [0.717, 1.165) is 49.3 Å². The van der Waals surface area contributed by atoms with Crippen LogP contribution in [0, 0.1) is 0 Å². The number of nitrogens with one attached hydrogen (secondary N) is 1. The maximum atomic E-state index is 12.8. The van der Waals surface area contributed by atoms with Crippen molar-refractivity contribution in [2.75, 3.05) is 27.2 Å². The van der Waals surface area contributed by atoms with Crippen LogP contribution in [0.15, 0.2) is 36.7 Å². The Morgan fingerprint density at radius 2 is 2.17 bits per heavy atom. The largest absolute Gasteiger partial charge is 0.345 e. The summed E-state index contributed by atoms with van der Waals surface area (Å²) in [4.78, 5) is 24.4. The molecule has 1 amide bonds. The summed E-state index contributed by atoms with van der Waals surface area (Å²) in [6.07, 6.45) is 6.77. The molecule has 5 heteroatoms. The van der Waals surface area contributed by atoms with Gasteiger partial charge in [-0.15, -0.1) is 0 Å². The van der Waals surface area contributed by atoms with Gasteiger partial charge in [0.15, 0.2) is 0 Å². The van der Waals surface area contributed by atoms with Gasteiger partial charge in [0, 0.05) is 42.7 Å². The van der Waals surface area contributed by atoms with Gasteiger partial charge in [0.1, 0.15) is 5.82 Å². The Hall–Kier alpha value is -2.14. The second-order valence-electron chi connectivity index (χ2n) is 6.36. The Morgan fingerprint density at radius 3 is 2.91 bits per heavy atom. The van der Waals surface area contributed by atoms with Crippen molar-refractivity contribution in [1.29, 1.82) is 0 Å². The number of benzene rings is 1. The summed E-state index contributed by atoms with van der Waals surface area (Å²) in [6, 6.07) is 8.28. The highest BCUT2D eigenvalue weighted by Crippen LogP contribution is 2.20. The molecule has 23 heavy (non-hydrogen) atoms. The van der Waals surface area contributed by atoms with Crippen LogP contribution >= 0.6 is 0 Å². The standard InChI is InChI=1S/C18H24N4O/c1-21(2)16-7-4-11-22(12-8-16)18(23)15-6-3-5-14(13-15)17-19-9-10-20-17/h3,5-6,9-10,13,16H,4,7-8,11-12H2,1-2H3,(H,19,20)/t16-/m1/s1. The monoisotopic (exact) mass is 312 g/mol. The van der Waals surface area contributed by atoms with Gasteiger partial charge in [0.2, 0.25) is 0 Å². The molecule has 0 bridgehead atoms. The minimum Gasteiger partial charge on any atom is -0.345 e. The van der Waals surface area contributed by atoms with Crippen LogP contribution in [0.5, 0.6) is 0 Å². The van der Waals surface area contributed by atoms with Crippen LogP contribution in [0.25, 0.3) is 11.4 Å². The van der Waals surface area contributed by atoms with Gasteiger partial charge in [0.25, 0.3) is 5.91 Å². The van der Waals surface area contributed by atoms with Crippen LogP contribution in [-0.2, 0) is 0 Å². The van der Waals surface area contributed by atoms with Crippen molar-refractivity contribution in [1.82, 2.24) is 19.8 Å². The van der Waals surface area contributed by atoms with Crippen molar-refractivity contribution < 1.29 is 4.79 Å². The molecular weight excluding hydrogens is 288 g/mol. The van der Waals surface area contributed by atoms with Crippen LogP contribution in [-0.4, -0.2) is 58.9 Å². The third-order valence-corrected chi connectivity index (χ3v) is 4.60. The van der Waals surface area contributed by atoms with Crippen LogP contribution in [0.4, 0.5) is 0 Å². The zero-order valence-corrected chi connectivity index (χ0v) is 13.8. The van der Waals surface area contributed by atoms with E-state index in [-0.39, 0.29) is 5.91 Å². The van der Waals surface area contributed by atoms with Gasteiger partial charge in [-0.1, -0.05) is 12.1 Å². The number of aromatic nitrogens is 2. The lowest BCUT2D eigenvalue weighted by molar-refractivity contribution is 0.0758. The highest BCUT2D eigenvalue weighted by Gasteiger charge is 2.22. The molecule has 0 saturated carbocycles. The van der Waals surface area contributed by atoms with Crippen LogP contribution in [0.1, 0.15) is 29.6 Å². The van der Waals surface area contributed by atoms with Gasteiger partial charge >= 0.3 is 0 Å². The molecule has 0 aliphatic carbocycles. The van der Waals surface area contributed by atoms with E-state index < -0.39 is 0 Å². The zero-order chi connectivity index (χ0) is 16.2. The predicted octanol–water partition coefficient (Wildman–Crippen LogP) is 2.63. The van der Waals surface area contributed by atoms with Crippen molar-refractivity contribution in [3.63, 3.8) is 0 Å². The first-order valence-corrected chi connectivity index (χ1v) is 8.20. The predicted molar refractivity (Wildman–Crippen MR) is 91.3 cm³/mol. The van der Waals surface area contributed by atoms with E-state index >= 15 is 0 Å². The summed E-state index contributed by atoms with van der Waals surface area (Å²) in [6.45, 7) is 1.67. The van der Waals surface area contributed by atoms with Gasteiger partial charge < -0.3 is 14.8 Å². The first kappa shape index (κ1) is 15.7. The number of hydrogen-bond acceptors (Lipinski definition) is 3. The van der Waals surface area contributed by atoms with Gasteiger partial charge in [-0.3, -0.25) is 4.79 Å². The zero-order valence-electron chi connectivity index (χ0n) is 13.8. The number of hydrogen-bond donors (Lipinski definition) is 1. The van der Waals surface area contributed by atoms with E-state index in [2.05, 4.69) is 29.0 Å². The third kappa shape index (κ3) is 3.62. The van der Waals surface area contributed by atoms with E-state index in [1.54, 1.807) is 12.4 Å². The summed E-state index contributed by atoms with van der Waals surface area (Å²) in [5.74, 6) is 0.918. The Bertz CT molecular complexity index is 651. The van der Waals surface area contributed by atoms with E-state index in [1.807, 2.05) is 29.2 Å². The molecule has 1 aromatic carbocycles. The average Bonchev–Trinajstić information content (AvgIpc) is 2.98. The Balaban J connectivity index is 1.74. The quantitative estimate of drug-likeness (QED) is 0.948. The number of likely N-dealkylation sites (tertiary alicyclic amines) is 1. The van der Waals surface area contributed by atoms with E-state index in [9.17, 15) is 4.79 Å². The molecule has 1 aliphatic rings. The number of aromatic amines is 1. The number of amides is 1. The number of carbonyl (C=O) groups excluding carboxylic acids is 1. The topological polar surface area (TPSA) is 52.2 Å². The molecule has 0 unspecified atom stereocenters. The third-order valence-electron chi connectivity index (χ3n) is 4.60. The molecule has 1 aliphatic heterocycles. The lowest BCUT2D eigenvalue weighted by atomic mass is 10.1. The molecule has 5 nitrogen and oxygen atoms in total. The van der Waals surface area contributed by atoms with Crippen molar-refractivity contribution in [2.45, 2.75) is 25.3 Å². The molecular formula is C18H24N4O. The summed E-state index contributed by atoms with van der Waals surface area (Å²) in [7, 11) is 4.24. The molecule has 1 N–H and O–H groups in total. The van der Waals surface area contributed by atoms with Gasteiger partial charge in [-0.25, -0.2) is 4.98 Å². The lowest BCUT2D eigenvalue weighted by Gasteiger charge is -2.23. The highest BCUT2D eigenvalue weighted by molar-refractivity contribution is 5.95. The molecule has 1 saturated heterocycles. The van der Waals surface area contributed by atoms with E-state index in [4.69, 9.17) is 0 Å². The van der Waals surface area contributed by atoms with E-state index in [1.165, 1.54) is 0 Å². The van der Waals surface area contributed by atoms with Gasteiger partial charge in [0.05, 0.1) is 0 Å². The second kappa shape index (κ2) is 6.96. The number of rotatable bonds is 3. The molecule has 122 valence electrons. The summed E-state index contributed by atoms with van der Waals surface area (Å²) in [5.41, 5.74) is 1.68. The number of H-pyrrole nitrogens is 1. The Morgan fingerprint density at radius 1 is 1.30 bits per heavy atom. The summed E-state index contributed by atoms with van der Waals surface area (Å²) < 4.78 is 0. The van der Waals surface area contributed by atoms with Crippen molar-refractivity contribution in [3.8, 4) is 11.4 Å². The fraction of sp³-hybridized carbons (Fsp3) is 0.444. The van der Waals surface area contributed by atoms with Crippen molar-refractivity contribution in [3.05, 3.63) is 42.2 Å². The van der Waals surface area contributed by atoms with Gasteiger partial charge in [-0.2, -0.15) is 0 Å². The van der Waals surface area contributed by atoms with E-state index in [0.29, 0.717) is 6.04 Å². The number of nitrogens with zero attached hydrogens (tertiary/aromatic N) is 3. The molecule has 3 rings (SSSR count). The van der Waals surface area contributed by atoms with Gasteiger partial charge in [-0.05, 0) is 45.5 Å². The molecule has 1 fully saturated rings. The minimum atomic E-state index is 0.123. The molecule has 0 radical (unpaired) electrons. The van der Waals surface area contributed by atoms with Crippen LogP contribution < -0.4 is 0 Å². The van der Waals surface area contributed by atoms with Crippen molar-refractivity contribution >= 4 is 5.91 Å². The Labute approximate surface area is 137 Å². The molecule has 1 aromatic heterocycles. The molecule has 1 atom stereocenters. The first-order chi connectivity index (χ1) is 11.1. The average molecular weight is 312 g/mol. The first-order valence-electron chi connectivity index (χ1n) is 8.20. The molecule has 0 spiro atoms. The Kier molecular flexibility index (Phi) is 4.76. The number of imidazole rings is 1.